The third-order valence-corrected chi connectivity index (χ3v) is 3.70. The molecule has 144 valence electrons. The second-order valence-corrected chi connectivity index (χ2v) is 7.34. The number of hydrogen-bond acceptors (Lipinski definition) is 4. The van der Waals surface area contributed by atoms with Crippen molar-refractivity contribution in [3.63, 3.8) is 0 Å². The van der Waals surface area contributed by atoms with Crippen LogP contribution in [0.5, 0.6) is 0 Å². The van der Waals surface area contributed by atoms with Gasteiger partial charge < -0.3 is 15.8 Å². The summed E-state index contributed by atoms with van der Waals surface area (Å²) >= 11 is 0. The molecule has 0 saturated carbocycles. The Morgan fingerprint density at radius 3 is 2.22 bits per heavy atom. The molecule has 2 rings (SSSR count). The second kappa shape index (κ2) is 9.19. The first-order valence-electron chi connectivity index (χ1n) is 8.89. The first-order valence-corrected chi connectivity index (χ1v) is 8.89. The Morgan fingerprint density at radius 1 is 1.00 bits per heavy atom. The van der Waals surface area contributed by atoms with Gasteiger partial charge in [0, 0.05) is 12.2 Å². The van der Waals surface area contributed by atoms with Crippen molar-refractivity contribution in [1.82, 2.24) is 5.32 Å². The summed E-state index contributed by atoms with van der Waals surface area (Å²) in [5, 5.41) is 5.50. The lowest BCUT2D eigenvalue weighted by Gasteiger charge is -2.19. The molecule has 0 bridgehead atoms. The van der Waals surface area contributed by atoms with Crippen LogP contribution in [0, 0.1) is 0 Å². The van der Waals surface area contributed by atoms with Gasteiger partial charge in [0.1, 0.15) is 5.60 Å². The van der Waals surface area contributed by atoms with Crippen molar-refractivity contribution in [2.24, 2.45) is 5.73 Å². The van der Waals surface area contributed by atoms with Crippen LogP contribution in [-0.4, -0.2) is 23.6 Å². The van der Waals surface area contributed by atoms with Crippen molar-refractivity contribution in [2.75, 3.05) is 5.32 Å². The average molecular weight is 369 g/mol. The van der Waals surface area contributed by atoms with Gasteiger partial charge in [-0.15, -0.1) is 0 Å². The molecule has 0 aliphatic rings. The number of nitrogens with one attached hydrogen (secondary N) is 2. The van der Waals surface area contributed by atoms with Crippen LogP contribution in [0.4, 0.5) is 10.5 Å². The Balaban J connectivity index is 1.80. The quantitative estimate of drug-likeness (QED) is 0.729. The van der Waals surface area contributed by atoms with E-state index in [4.69, 9.17) is 10.5 Å². The number of carbonyl (C=O) groups excluding carboxylic acids is 2. The van der Waals surface area contributed by atoms with Crippen LogP contribution < -0.4 is 16.4 Å². The van der Waals surface area contributed by atoms with Gasteiger partial charge in [0.25, 0.3) is 0 Å². The molecule has 0 aliphatic heterocycles. The maximum atomic E-state index is 12.2. The summed E-state index contributed by atoms with van der Waals surface area (Å²) in [7, 11) is 0. The van der Waals surface area contributed by atoms with Crippen LogP contribution in [0.3, 0.4) is 0 Å². The lowest BCUT2D eigenvalue weighted by atomic mass is 10.1. The van der Waals surface area contributed by atoms with Crippen molar-refractivity contribution in [2.45, 2.75) is 45.4 Å². The SMILES string of the molecule is CC(C)(C)OC(=O)Nc1ccc(CNC(=O)C(N)Cc2ccccc2)cc1. The number of amides is 2. The van der Waals surface area contributed by atoms with Crippen LogP contribution in [0.1, 0.15) is 31.9 Å². The Kier molecular flexibility index (Phi) is 6.96. The van der Waals surface area contributed by atoms with E-state index in [1.807, 2.05) is 42.5 Å². The third-order valence-electron chi connectivity index (χ3n) is 3.70. The molecule has 0 spiro atoms. The van der Waals surface area contributed by atoms with Gasteiger partial charge >= 0.3 is 6.09 Å². The fraction of sp³-hybridized carbons (Fsp3) is 0.333. The van der Waals surface area contributed by atoms with Gasteiger partial charge in [-0.1, -0.05) is 42.5 Å². The molecular formula is C21H27N3O3. The number of rotatable bonds is 6. The fourth-order valence-corrected chi connectivity index (χ4v) is 2.41. The molecule has 1 unspecified atom stereocenters. The summed E-state index contributed by atoms with van der Waals surface area (Å²) in [6.45, 7) is 5.79. The Labute approximate surface area is 160 Å². The van der Waals surface area contributed by atoms with E-state index in [2.05, 4.69) is 10.6 Å². The minimum absolute atomic E-state index is 0.199. The maximum absolute atomic E-state index is 12.2. The zero-order chi connectivity index (χ0) is 19.9. The second-order valence-electron chi connectivity index (χ2n) is 7.34. The van der Waals surface area contributed by atoms with Crippen LogP contribution in [-0.2, 0) is 22.5 Å². The molecule has 4 N–H and O–H groups in total. The molecule has 6 nitrogen and oxygen atoms in total. The van der Waals surface area contributed by atoms with Crippen molar-refractivity contribution in [3.05, 3.63) is 65.7 Å². The standard InChI is InChI=1S/C21H27N3O3/c1-21(2,3)27-20(26)24-17-11-9-16(10-12-17)14-23-19(25)18(22)13-15-7-5-4-6-8-15/h4-12,18H,13-14,22H2,1-3H3,(H,23,25)(H,24,26). The van der Waals surface area contributed by atoms with Crippen LogP contribution >= 0.6 is 0 Å². The molecule has 0 heterocycles. The largest absolute Gasteiger partial charge is 0.444 e. The number of ether oxygens (including phenoxy) is 1. The Hall–Kier alpha value is -2.86. The number of anilines is 1. The molecule has 0 aliphatic carbocycles. The van der Waals surface area contributed by atoms with E-state index >= 15 is 0 Å². The van der Waals surface area contributed by atoms with E-state index < -0.39 is 17.7 Å². The number of nitrogens with two attached hydrogens (primary N) is 1. The highest BCUT2D eigenvalue weighted by Crippen LogP contribution is 2.13. The summed E-state index contributed by atoms with van der Waals surface area (Å²) in [5.41, 5.74) is 7.98. The van der Waals surface area contributed by atoms with Gasteiger partial charge in [0.05, 0.1) is 6.04 Å². The zero-order valence-electron chi connectivity index (χ0n) is 16.0. The van der Waals surface area contributed by atoms with Gasteiger partial charge in [-0.05, 0) is 50.5 Å². The van der Waals surface area contributed by atoms with Gasteiger partial charge in [-0.2, -0.15) is 0 Å². The van der Waals surface area contributed by atoms with E-state index in [1.54, 1.807) is 32.9 Å². The monoisotopic (exact) mass is 369 g/mol. The molecule has 0 radical (unpaired) electrons. The van der Waals surface area contributed by atoms with Gasteiger partial charge in [0.15, 0.2) is 0 Å². The van der Waals surface area contributed by atoms with Gasteiger partial charge in [-0.3, -0.25) is 10.1 Å². The predicted molar refractivity (Wildman–Crippen MR) is 106 cm³/mol. The third kappa shape index (κ3) is 7.50. The first kappa shape index (κ1) is 20.5. The summed E-state index contributed by atoms with van der Waals surface area (Å²) in [5.74, 6) is -0.199. The summed E-state index contributed by atoms with van der Waals surface area (Å²) in [4.78, 5) is 23.9. The van der Waals surface area contributed by atoms with E-state index in [9.17, 15) is 9.59 Å². The minimum atomic E-state index is -0.597. The van der Waals surface area contributed by atoms with E-state index in [1.165, 1.54) is 0 Å². The predicted octanol–water partition coefficient (Wildman–Crippen LogP) is 3.22. The van der Waals surface area contributed by atoms with E-state index in [0.29, 0.717) is 18.7 Å². The average Bonchev–Trinajstić information content (AvgIpc) is 2.60. The molecule has 0 aromatic heterocycles. The van der Waals surface area contributed by atoms with E-state index in [0.717, 1.165) is 11.1 Å². The smallest absolute Gasteiger partial charge is 0.412 e. The van der Waals surface area contributed by atoms with Crippen LogP contribution in [0.25, 0.3) is 0 Å². The molecule has 2 aromatic rings. The number of benzene rings is 2. The molecule has 1 atom stereocenters. The molecule has 6 heteroatoms. The highest BCUT2D eigenvalue weighted by molar-refractivity contribution is 5.85. The first-order chi connectivity index (χ1) is 12.7. The van der Waals surface area contributed by atoms with Gasteiger partial charge in [0.2, 0.25) is 5.91 Å². The minimum Gasteiger partial charge on any atom is -0.444 e. The van der Waals surface area contributed by atoms with Crippen molar-refractivity contribution in [3.8, 4) is 0 Å². The normalized spacial score (nSPS) is 12.1. The fourth-order valence-electron chi connectivity index (χ4n) is 2.41. The van der Waals surface area contributed by atoms with E-state index in [-0.39, 0.29) is 5.91 Å². The van der Waals surface area contributed by atoms with Crippen molar-refractivity contribution < 1.29 is 14.3 Å². The lowest BCUT2D eigenvalue weighted by molar-refractivity contribution is -0.122. The molecule has 2 amide bonds. The lowest BCUT2D eigenvalue weighted by Crippen LogP contribution is -2.41. The molecule has 2 aromatic carbocycles. The zero-order valence-corrected chi connectivity index (χ0v) is 16.0. The Bertz CT molecular complexity index is 752. The highest BCUT2D eigenvalue weighted by atomic mass is 16.6. The molecule has 0 saturated heterocycles. The molecular weight excluding hydrogens is 342 g/mol. The summed E-state index contributed by atoms with van der Waals surface area (Å²) in [6.07, 6.45) is -0.0127. The molecule has 27 heavy (non-hydrogen) atoms. The maximum Gasteiger partial charge on any atom is 0.412 e. The summed E-state index contributed by atoms with van der Waals surface area (Å²) < 4.78 is 5.21. The van der Waals surface area contributed by atoms with Crippen LogP contribution in [0.2, 0.25) is 0 Å². The van der Waals surface area contributed by atoms with Gasteiger partial charge in [-0.25, -0.2) is 4.79 Å². The summed E-state index contributed by atoms with van der Waals surface area (Å²) in [6, 6.07) is 16.2. The van der Waals surface area contributed by atoms with Crippen molar-refractivity contribution >= 4 is 17.7 Å². The Morgan fingerprint density at radius 2 is 1.63 bits per heavy atom. The molecule has 0 fully saturated rings. The highest BCUT2D eigenvalue weighted by Gasteiger charge is 2.16. The van der Waals surface area contributed by atoms with Crippen LogP contribution in [0.15, 0.2) is 54.6 Å². The van der Waals surface area contributed by atoms with Crippen molar-refractivity contribution in [1.29, 1.82) is 0 Å². The number of carbonyl (C=O) groups is 2. The number of hydrogen-bond donors (Lipinski definition) is 3. The topological polar surface area (TPSA) is 93.5 Å².